The van der Waals surface area contributed by atoms with E-state index in [0.29, 0.717) is 29.7 Å². The van der Waals surface area contributed by atoms with Crippen molar-refractivity contribution in [1.82, 2.24) is 5.32 Å². The van der Waals surface area contributed by atoms with Gasteiger partial charge in [-0.15, -0.1) is 0 Å². The van der Waals surface area contributed by atoms with Gasteiger partial charge in [-0.3, -0.25) is 0 Å². The van der Waals surface area contributed by atoms with Crippen LogP contribution in [0, 0.1) is 11.7 Å². The quantitative estimate of drug-likeness (QED) is 0.895. The van der Waals surface area contributed by atoms with Crippen LogP contribution in [0.15, 0.2) is 18.2 Å². The zero-order chi connectivity index (χ0) is 12.1. The summed E-state index contributed by atoms with van der Waals surface area (Å²) in [6.07, 6.45) is 2.28. The van der Waals surface area contributed by atoms with Crippen LogP contribution >= 0.6 is 11.6 Å². The average molecular weight is 258 g/mol. The zero-order valence-electron chi connectivity index (χ0n) is 9.72. The molecule has 1 aliphatic heterocycles. The van der Waals surface area contributed by atoms with E-state index in [1.807, 2.05) is 0 Å². The second kappa shape index (κ2) is 6.34. The molecule has 1 saturated heterocycles. The van der Waals surface area contributed by atoms with Gasteiger partial charge in [0.05, 0.1) is 6.61 Å². The Kier molecular flexibility index (Phi) is 4.77. The van der Waals surface area contributed by atoms with Crippen LogP contribution in [0.25, 0.3) is 0 Å². The van der Waals surface area contributed by atoms with E-state index >= 15 is 0 Å². The van der Waals surface area contributed by atoms with E-state index in [9.17, 15) is 4.39 Å². The lowest BCUT2D eigenvalue weighted by atomic mass is 9.99. The summed E-state index contributed by atoms with van der Waals surface area (Å²) in [5, 5.41) is 3.73. The summed E-state index contributed by atoms with van der Waals surface area (Å²) >= 11 is 5.68. The van der Waals surface area contributed by atoms with Crippen LogP contribution in [0.4, 0.5) is 4.39 Å². The van der Waals surface area contributed by atoms with Crippen molar-refractivity contribution in [1.29, 1.82) is 0 Å². The molecule has 0 radical (unpaired) electrons. The maximum absolute atomic E-state index is 13.4. The Morgan fingerprint density at radius 2 is 2.12 bits per heavy atom. The van der Waals surface area contributed by atoms with Crippen molar-refractivity contribution >= 4 is 11.6 Å². The number of benzene rings is 1. The SMILES string of the molecule is Fc1cc(Cl)ccc1COCC1CCNCC1. The number of piperidine rings is 1. The van der Waals surface area contributed by atoms with E-state index < -0.39 is 0 Å². The fourth-order valence-corrected chi connectivity index (χ4v) is 2.18. The van der Waals surface area contributed by atoms with Gasteiger partial charge in [-0.2, -0.15) is 0 Å². The molecular weight excluding hydrogens is 241 g/mol. The Hall–Kier alpha value is -0.640. The molecule has 0 saturated carbocycles. The minimum atomic E-state index is -0.289. The van der Waals surface area contributed by atoms with Crippen molar-refractivity contribution in [3.63, 3.8) is 0 Å². The summed E-state index contributed by atoms with van der Waals surface area (Å²) < 4.78 is 19.0. The molecule has 1 heterocycles. The van der Waals surface area contributed by atoms with E-state index in [-0.39, 0.29) is 5.82 Å². The molecule has 17 heavy (non-hydrogen) atoms. The van der Waals surface area contributed by atoms with Crippen molar-refractivity contribution in [3.8, 4) is 0 Å². The van der Waals surface area contributed by atoms with Gasteiger partial charge in [0.1, 0.15) is 5.82 Å². The van der Waals surface area contributed by atoms with Gasteiger partial charge >= 0.3 is 0 Å². The first kappa shape index (κ1) is 12.8. The maximum Gasteiger partial charge on any atom is 0.130 e. The number of halogens is 2. The maximum atomic E-state index is 13.4. The molecule has 0 unspecified atom stereocenters. The first-order chi connectivity index (χ1) is 8.25. The second-order valence-electron chi connectivity index (χ2n) is 4.44. The molecule has 94 valence electrons. The molecule has 0 spiro atoms. The zero-order valence-corrected chi connectivity index (χ0v) is 10.5. The standard InChI is InChI=1S/C13H17ClFNO/c14-12-2-1-11(13(15)7-12)9-17-8-10-3-5-16-6-4-10/h1-2,7,10,16H,3-6,8-9H2. The van der Waals surface area contributed by atoms with Gasteiger partial charge in [-0.25, -0.2) is 4.39 Å². The van der Waals surface area contributed by atoms with Gasteiger partial charge in [0.25, 0.3) is 0 Å². The highest BCUT2D eigenvalue weighted by Crippen LogP contribution is 2.17. The molecule has 1 fully saturated rings. The van der Waals surface area contributed by atoms with Gasteiger partial charge in [-0.1, -0.05) is 17.7 Å². The van der Waals surface area contributed by atoms with Gasteiger partial charge in [0, 0.05) is 17.2 Å². The first-order valence-corrected chi connectivity index (χ1v) is 6.36. The normalized spacial score (nSPS) is 17.3. The van der Waals surface area contributed by atoms with E-state index in [4.69, 9.17) is 16.3 Å². The molecule has 1 aliphatic rings. The first-order valence-electron chi connectivity index (χ1n) is 5.98. The minimum Gasteiger partial charge on any atom is -0.376 e. The summed E-state index contributed by atoms with van der Waals surface area (Å²) in [5.41, 5.74) is 0.573. The molecular formula is C13H17ClFNO. The van der Waals surface area contributed by atoms with Crippen LogP contribution in [0.5, 0.6) is 0 Å². The van der Waals surface area contributed by atoms with E-state index in [1.54, 1.807) is 12.1 Å². The minimum absolute atomic E-state index is 0.289. The highest BCUT2D eigenvalue weighted by Gasteiger charge is 2.13. The molecule has 0 amide bonds. The van der Waals surface area contributed by atoms with Crippen molar-refractivity contribution in [3.05, 3.63) is 34.6 Å². The van der Waals surface area contributed by atoms with Crippen molar-refractivity contribution in [2.24, 2.45) is 5.92 Å². The van der Waals surface area contributed by atoms with Crippen molar-refractivity contribution < 1.29 is 9.13 Å². The van der Waals surface area contributed by atoms with Gasteiger partial charge in [0.15, 0.2) is 0 Å². The molecule has 1 aromatic carbocycles. The van der Waals surface area contributed by atoms with Crippen LogP contribution in [-0.4, -0.2) is 19.7 Å². The van der Waals surface area contributed by atoms with E-state index in [1.165, 1.54) is 6.07 Å². The molecule has 0 bridgehead atoms. The van der Waals surface area contributed by atoms with Crippen molar-refractivity contribution in [2.45, 2.75) is 19.4 Å². The number of ether oxygens (including phenoxy) is 1. The monoisotopic (exact) mass is 257 g/mol. The molecule has 0 aliphatic carbocycles. The summed E-state index contributed by atoms with van der Waals surface area (Å²) in [4.78, 5) is 0. The predicted octanol–water partition coefficient (Wildman–Crippen LogP) is 3.00. The third-order valence-corrected chi connectivity index (χ3v) is 3.32. The molecule has 1 N–H and O–H groups in total. The Morgan fingerprint density at radius 1 is 1.35 bits per heavy atom. The molecule has 0 atom stereocenters. The fraction of sp³-hybridized carbons (Fsp3) is 0.538. The Morgan fingerprint density at radius 3 is 2.82 bits per heavy atom. The summed E-state index contributed by atoms with van der Waals surface area (Å²) in [6.45, 7) is 3.16. The largest absolute Gasteiger partial charge is 0.376 e. The smallest absolute Gasteiger partial charge is 0.130 e. The van der Waals surface area contributed by atoms with E-state index in [0.717, 1.165) is 25.9 Å². The van der Waals surface area contributed by atoms with Crippen LogP contribution in [0.2, 0.25) is 5.02 Å². The van der Waals surface area contributed by atoms with Crippen LogP contribution in [0.3, 0.4) is 0 Å². The highest BCUT2D eigenvalue weighted by molar-refractivity contribution is 6.30. The molecule has 0 aromatic heterocycles. The average Bonchev–Trinajstić information content (AvgIpc) is 2.33. The van der Waals surface area contributed by atoms with Crippen LogP contribution in [0.1, 0.15) is 18.4 Å². The fourth-order valence-electron chi connectivity index (χ4n) is 2.02. The lowest BCUT2D eigenvalue weighted by molar-refractivity contribution is 0.0747. The van der Waals surface area contributed by atoms with Crippen LogP contribution < -0.4 is 5.32 Å². The van der Waals surface area contributed by atoms with Crippen LogP contribution in [-0.2, 0) is 11.3 Å². The number of hydrogen-bond acceptors (Lipinski definition) is 2. The highest BCUT2D eigenvalue weighted by atomic mass is 35.5. The third-order valence-electron chi connectivity index (χ3n) is 3.08. The summed E-state index contributed by atoms with van der Waals surface area (Å²) in [7, 11) is 0. The van der Waals surface area contributed by atoms with E-state index in [2.05, 4.69) is 5.32 Å². The lowest BCUT2D eigenvalue weighted by Crippen LogP contribution is -2.29. The topological polar surface area (TPSA) is 21.3 Å². The Bertz CT molecular complexity index is 366. The number of rotatable bonds is 4. The predicted molar refractivity (Wildman–Crippen MR) is 66.7 cm³/mol. The number of hydrogen-bond donors (Lipinski definition) is 1. The third kappa shape index (κ3) is 3.95. The molecule has 2 nitrogen and oxygen atoms in total. The lowest BCUT2D eigenvalue weighted by Gasteiger charge is -2.22. The molecule has 4 heteroatoms. The Balaban J connectivity index is 1.77. The van der Waals surface area contributed by atoms with Gasteiger partial charge in [0.2, 0.25) is 0 Å². The van der Waals surface area contributed by atoms with Gasteiger partial charge in [-0.05, 0) is 44.0 Å². The number of nitrogens with one attached hydrogen (secondary N) is 1. The Labute approximate surface area is 106 Å². The summed E-state index contributed by atoms with van der Waals surface area (Å²) in [6, 6.07) is 4.69. The molecule has 2 rings (SSSR count). The molecule has 1 aromatic rings. The second-order valence-corrected chi connectivity index (χ2v) is 4.88. The van der Waals surface area contributed by atoms with Crippen molar-refractivity contribution in [2.75, 3.05) is 19.7 Å². The van der Waals surface area contributed by atoms with Gasteiger partial charge < -0.3 is 10.1 Å². The summed E-state index contributed by atoms with van der Waals surface area (Å²) in [5.74, 6) is 0.314.